The van der Waals surface area contributed by atoms with Crippen LogP contribution in [-0.2, 0) is 7.05 Å². The topological polar surface area (TPSA) is 70.0 Å². The second-order valence-electron chi connectivity index (χ2n) is 6.48. The van der Waals surface area contributed by atoms with E-state index in [1.54, 1.807) is 32.4 Å². The van der Waals surface area contributed by atoms with Gasteiger partial charge in [-0.3, -0.25) is 9.59 Å². The van der Waals surface area contributed by atoms with Gasteiger partial charge in [0.15, 0.2) is 11.5 Å². The Morgan fingerprint density at radius 2 is 1.66 bits per heavy atom. The number of pyridine rings is 1. The number of hydrogen-bond acceptors (Lipinski definition) is 5. The number of benzene rings is 2. The molecule has 0 N–H and O–H groups in total. The van der Waals surface area contributed by atoms with Gasteiger partial charge in [0.25, 0.3) is 11.5 Å². The second kappa shape index (κ2) is 8.26. The predicted octanol–water partition coefficient (Wildman–Crippen LogP) is 3.23. The summed E-state index contributed by atoms with van der Waals surface area (Å²) in [6.45, 7) is 2.37. The molecule has 0 fully saturated rings. The number of rotatable bonds is 6. The average Bonchev–Trinajstić information content (AvgIpc) is 2.75. The minimum atomic E-state index is -0.273. The van der Waals surface area contributed by atoms with Crippen LogP contribution in [0.1, 0.15) is 17.3 Å². The highest BCUT2D eigenvalue weighted by Gasteiger charge is 2.22. The Hall–Kier alpha value is -3.48. The quantitative estimate of drug-likeness (QED) is 0.640. The first-order valence-electron chi connectivity index (χ1n) is 9.18. The SMILES string of the molecule is CCOc1ccccc1N(C)C(=O)c1cn(C)c(=O)c2cc(OC)c(OC)cc12. The Morgan fingerprint density at radius 1 is 1.03 bits per heavy atom. The molecule has 3 rings (SSSR count). The van der Waals surface area contributed by atoms with E-state index in [2.05, 4.69) is 0 Å². The van der Waals surface area contributed by atoms with Gasteiger partial charge in [0.2, 0.25) is 0 Å². The number of anilines is 1. The summed E-state index contributed by atoms with van der Waals surface area (Å²) in [5, 5.41) is 0.874. The molecule has 1 amide bonds. The fraction of sp³-hybridized carbons (Fsp3) is 0.273. The third-order valence-corrected chi connectivity index (χ3v) is 4.75. The third kappa shape index (κ3) is 3.63. The fourth-order valence-corrected chi connectivity index (χ4v) is 3.26. The number of hydrogen-bond donors (Lipinski definition) is 0. The number of carbonyl (C=O) groups excluding carboxylic acids is 1. The maximum absolute atomic E-state index is 13.4. The predicted molar refractivity (Wildman–Crippen MR) is 113 cm³/mol. The highest BCUT2D eigenvalue weighted by atomic mass is 16.5. The first kappa shape index (κ1) is 20.3. The number of methoxy groups -OCH3 is 2. The van der Waals surface area contributed by atoms with E-state index in [0.29, 0.717) is 45.9 Å². The lowest BCUT2D eigenvalue weighted by atomic mass is 10.0. The lowest BCUT2D eigenvalue weighted by Gasteiger charge is -2.22. The number of carbonyl (C=O) groups is 1. The van der Waals surface area contributed by atoms with Gasteiger partial charge in [-0.2, -0.15) is 0 Å². The number of para-hydroxylation sites is 2. The molecule has 1 heterocycles. The van der Waals surface area contributed by atoms with Crippen LogP contribution in [0.15, 0.2) is 47.4 Å². The van der Waals surface area contributed by atoms with E-state index in [4.69, 9.17) is 14.2 Å². The van der Waals surface area contributed by atoms with Crippen molar-refractivity contribution in [2.24, 2.45) is 7.05 Å². The molecule has 7 heteroatoms. The fourth-order valence-electron chi connectivity index (χ4n) is 3.26. The van der Waals surface area contributed by atoms with Crippen molar-refractivity contribution in [2.45, 2.75) is 6.92 Å². The van der Waals surface area contributed by atoms with Crippen molar-refractivity contribution in [1.82, 2.24) is 4.57 Å². The highest BCUT2D eigenvalue weighted by Crippen LogP contribution is 2.34. The van der Waals surface area contributed by atoms with Crippen molar-refractivity contribution in [3.05, 3.63) is 58.5 Å². The Morgan fingerprint density at radius 3 is 2.28 bits per heavy atom. The maximum Gasteiger partial charge on any atom is 0.260 e. The van der Waals surface area contributed by atoms with Crippen molar-refractivity contribution >= 4 is 22.4 Å². The van der Waals surface area contributed by atoms with Crippen LogP contribution in [-0.4, -0.2) is 38.3 Å². The lowest BCUT2D eigenvalue weighted by molar-refractivity contribution is 0.0993. The monoisotopic (exact) mass is 396 g/mol. The maximum atomic E-state index is 13.4. The van der Waals surface area contributed by atoms with Crippen molar-refractivity contribution in [2.75, 3.05) is 32.8 Å². The second-order valence-corrected chi connectivity index (χ2v) is 6.48. The summed E-state index contributed by atoms with van der Waals surface area (Å²) < 4.78 is 17.7. The minimum Gasteiger partial charge on any atom is -0.493 e. The number of aryl methyl sites for hydroxylation is 1. The van der Waals surface area contributed by atoms with Crippen molar-refractivity contribution in [3.63, 3.8) is 0 Å². The van der Waals surface area contributed by atoms with Gasteiger partial charge in [0.1, 0.15) is 5.75 Å². The summed E-state index contributed by atoms with van der Waals surface area (Å²) in [7, 11) is 6.31. The van der Waals surface area contributed by atoms with Crippen molar-refractivity contribution < 1.29 is 19.0 Å². The summed E-state index contributed by atoms with van der Waals surface area (Å²) in [5.41, 5.74) is 0.786. The lowest BCUT2D eigenvalue weighted by Crippen LogP contribution is -2.29. The van der Waals surface area contributed by atoms with E-state index < -0.39 is 0 Å². The molecule has 0 bridgehead atoms. The minimum absolute atomic E-state index is 0.227. The summed E-state index contributed by atoms with van der Waals surface area (Å²) in [6.07, 6.45) is 1.54. The molecule has 0 aliphatic carbocycles. The van der Waals surface area contributed by atoms with Crippen LogP contribution in [0, 0.1) is 0 Å². The molecular weight excluding hydrogens is 372 g/mol. The molecule has 0 atom stereocenters. The first-order chi connectivity index (χ1) is 13.9. The van der Waals surface area contributed by atoms with Crippen LogP contribution in [0.3, 0.4) is 0 Å². The molecule has 3 aromatic rings. The first-order valence-corrected chi connectivity index (χ1v) is 9.18. The van der Waals surface area contributed by atoms with Gasteiger partial charge in [0, 0.05) is 25.7 Å². The Labute approximate surface area is 169 Å². The molecule has 0 aliphatic rings. The van der Waals surface area contributed by atoms with Crippen molar-refractivity contribution in [1.29, 1.82) is 0 Å². The standard InChI is InChI=1S/C22H24N2O5/c1-6-29-18-10-8-7-9-17(18)24(3)22(26)16-13-23(2)21(25)15-12-20(28-5)19(27-4)11-14(15)16/h7-13H,6H2,1-5H3. The largest absolute Gasteiger partial charge is 0.493 e. The van der Waals surface area contributed by atoms with E-state index in [0.717, 1.165) is 0 Å². The molecule has 0 saturated heterocycles. The molecule has 152 valence electrons. The molecule has 0 spiro atoms. The molecule has 7 nitrogen and oxygen atoms in total. The van der Waals surface area contributed by atoms with Gasteiger partial charge in [-0.05, 0) is 31.2 Å². The highest BCUT2D eigenvalue weighted by molar-refractivity contribution is 6.14. The zero-order valence-corrected chi connectivity index (χ0v) is 17.2. The molecule has 2 aromatic carbocycles. The molecule has 0 radical (unpaired) electrons. The summed E-state index contributed by atoms with van der Waals surface area (Å²) in [6, 6.07) is 10.6. The number of amides is 1. The number of ether oxygens (including phenoxy) is 3. The molecule has 0 unspecified atom stereocenters. The van der Waals surface area contributed by atoms with Crippen molar-refractivity contribution in [3.8, 4) is 17.2 Å². The zero-order chi connectivity index (χ0) is 21.1. The number of fused-ring (bicyclic) bond motifs is 1. The normalized spacial score (nSPS) is 10.7. The van der Waals surface area contributed by atoms with Gasteiger partial charge < -0.3 is 23.7 Å². The molecule has 0 aliphatic heterocycles. The van der Waals surface area contributed by atoms with Gasteiger partial charge in [-0.1, -0.05) is 12.1 Å². The van der Waals surface area contributed by atoms with Crippen LogP contribution in [0.25, 0.3) is 10.8 Å². The summed E-state index contributed by atoms with van der Waals surface area (Å²) in [5.74, 6) is 1.21. The van der Waals surface area contributed by atoms with E-state index >= 15 is 0 Å². The Kier molecular flexibility index (Phi) is 5.77. The van der Waals surface area contributed by atoms with Crippen LogP contribution in [0.5, 0.6) is 17.2 Å². The van der Waals surface area contributed by atoms with Crippen LogP contribution < -0.4 is 24.7 Å². The Bertz CT molecular complexity index is 1120. The number of nitrogens with zero attached hydrogens (tertiary/aromatic N) is 2. The van der Waals surface area contributed by atoms with Crippen LogP contribution in [0.2, 0.25) is 0 Å². The summed E-state index contributed by atoms with van der Waals surface area (Å²) in [4.78, 5) is 27.6. The van der Waals surface area contributed by atoms with Gasteiger partial charge in [-0.15, -0.1) is 0 Å². The van der Waals surface area contributed by atoms with Crippen LogP contribution in [0.4, 0.5) is 5.69 Å². The zero-order valence-electron chi connectivity index (χ0n) is 17.2. The van der Waals surface area contributed by atoms with Gasteiger partial charge in [0.05, 0.1) is 37.5 Å². The smallest absolute Gasteiger partial charge is 0.260 e. The van der Waals surface area contributed by atoms with E-state index in [9.17, 15) is 9.59 Å². The summed E-state index contributed by atoms with van der Waals surface area (Å²) >= 11 is 0. The molecule has 0 saturated carbocycles. The van der Waals surface area contributed by atoms with E-state index in [-0.39, 0.29) is 11.5 Å². The van der Waals surface area contributed by atoms with Gasteiger partial charge >= 0.3 is 0 Å². The molecule has 1 aromatic heterocycles. The average molecular weight is 396 g/mol. The number of aromatic nitrogens is 1. The third-order valence-electron chi connectivity index (χ3n) is 4.75. The van der Waals surface area contributed by atoms with E-state index in [1.807, 2.05) is 31.2 Å². The van der Waals surface area contributed by atoms with Gasteiger partial charge in [-0.25, -0.2) is 0 Å². The van der Waals surface area contributed by atoms with E-state index in [1.165, 1.54) is 23.7 Å². The van der Waals surface area contributed by atoms with Crippen LogP contribution >= 0.6 is 0 Å². The Balaban J connectivity index is 2.20. The molecule has 29 heavy (non-hydrogen) atoms. The molecular formula is C22H24N2O5.